The Kier molecular flexibility index (Phi) is 13.5. The van der Waals surface area contributed by atoms with Gasteiger partial charge in [0.2, 0.25) is 0 Å². The molecule has 0 aromatic heterocycles. The maximum absolute atomic E-state index is 9.78. The summed E-state index contributed by atoms with van der Waals surface area (Å²) in [5, 5.41) is 19.6. The van der Waals surface area contributed by atoms with E-state index in [0.29, 0.717) is 23.0 Å². The maximum Gasteiger partial charge on any atom is 0.0991 e. The molecule has 3 heteroatoms. The van der Waals surface area contributed by atoms with E-state index in [1.54, 1.807) is 11.8 Å². The first-order valence-corrected chi connectivity index (χ1v) is 20.8. The van der Waals surface area contributed by atoms with Gasteiger partial charge in [-0.3, -0.25) is 0 Å². The zero-order valence-corrected chi connectivity index (χ0v) is 31.8. The Labute approximate surface area is 312 Å². The minimum Gasteiger partial charge on any atom is -0.192 e. The SMILES string of the molecule is CCCCC1CCC(c2ccc(Cc3cc(C#N)ccc3Sc3ccc(C#N)cc3Cc3ccc(C4CCC(CCCC)CC4)cc3)cc2)CC1. The molecule has 0 N–H and O–H groups in total. The fraction of sp³-hybridized carbons (Fsp3) is 0.458. The monoisotopic (exact) mass is 692 g/mol. The number of hydrogen-bond acceptors (Lipinski definition) is 3. The van der Waals surface area contributed by atoms with Gasteiger partial charge in [-0.1, -0.05) is 113 Å². The smallest absolute Gasteiger partial charge is 0.0991 e. The van der Waals surface area contributed by atoms with Crippen LogP contribution in [0, 0.1) is 34.5 Å². The molecule has 51 heavy (non-hydrogen) atoms. The van der Waals surface area contributed by atoms with Crippen molar-refractivity contribution >= 4 is 11.8 Å². The minimum absolute atomic E-state index is 0.686. The summed E-state index contributed by atoms with van der Waals surface area (Å²) in [6.07, 6.45) is 20.5. The van der Waals surface area contributed by atoms with Crippen molar-refractivity contribution in [2.45, 2.75) is 138 Å². The third-order valence-corrected chi connectivity index (χ3v) is 13.2. The highest BCUT2D eigenvalue weighted by Gasteiger charge is 2.23. The fourth-order valence-corrected chi connectivity index (χ4v) is 9.73. The molecule has 2 fully saturated rings. The van der Waals surface area contributed by atoms with Crippen LogP contribution in [0.25, 0.3) is 0 Å². The molecule has 2 saturated carbocycles. The van der Waals surface area contributed by atoms with Crippen LogP contribution < -0.4 is 0 Å². The van der Waals surface area contributed by atoms with Crippen molar-refractivity contribution in [1.29, 1.82) is 10.5 Å². The summed E-state index contributed by atoms with van der Waals surface area (Å²) in [6, 6.07) is 35.6. The van der Waals surface area contributed by atoms with Gasteiger partial charge in [0.15, 0.2) is 0 Å². The maximum atomic E-state index is 9.78. The third-order valence-electron chi connectivity index (χ3n) is 11.9. The molecule has 4 aromatic carbocycles. The van der Waals surface area contributed by atoms with E-state index < -0.39 is 0 Å². The van der Waals surface area contributed by atoms with Crippen LogP contribution in [0.15, 0.2) is 94.7 Å². The van der Waals surface area contributed by atoms with Gasteiger partial charge in [-0.05, 0) is 158 Å². The summed E-state index contributed by atoms with van der Waals surface area (Å²) in [5.74, 6) is 3.23. The van der Waals surface area contributed by atoms with Gasteiger partial charge in [0.1, 0.15) is 0 Å². The van der Waals surface area contributed by atoms with Gasteiger partial charge in [0.05, 0.1) is 23.3 Å². The lowest BCUT2D eigenvalue weighted by Gasteiger charge is -2.29. The molecule has 0 heterocycles. The van der Waals surface area contributed by atoms with E-state index in [1.807, 2.05) is 12.1 Å². The van der Waals surface area contributed by atoms with Crippen LogP contribution in [-0.2, 0) is 12.8 Å². The molecular formula is C48H56N2S. The summed E-state index contributed by atoms with van der Waals surface area (Å²) in [7, 11) is 0. The molecular weight excluding hydrogens is 637 g/mol. The molecule has 4 aromatic rings. The lowest BCUT2D eigenvalue weighted by Crippen LogP contribution is -2.13. The number of unbranched alkanes of at least 4 members (excludes halogenated alkanes) is 2. The molecule has 0 atom stereocenters. The van der Waals surface area contributed by atoms with Gasteiger partial charge in [0.25, 0.3) is 0 Å². The van der Waals surface area contributed by atoms with Gasteiger partial charge < -0.3 is 0 Å². The highest BCUT2D eigenvalue weighted by atomic mass is 32.2. The van der Waals surface area contributed by atoms with Crippen molar-refractivity contribution in [3.8, 4) is 12.1 Å². The van der Waals surface area contributed by atoms with E-state index in [0.717, 1.165) is 24.7 Å². The Hall–Kier alpha value is -3.79. The molecule has 2 aliphatic rings. The zero-order valence-electron chi connectivity index (χ0n) is 31.0. The predicted molar refractivity (Wildman–Crippen MR) is 213 cm³/mol. The number of benzene rings is 4. The van der Waals surface area contributed by atoms with Crippen LogP contribution in [0.3, 0.4) is 0 Å². The molecule has 0 aliphatic heterocycles. The van der Waals surface area contributed by atoms with E-state index in [1.165, 1.54) is 133 Å². The Balaban J connectivity index is 1.14. The van der Waals surface area contributed by atoms with Crippen LogP contribution in [0.5, 0.6) is 0 Å². The lowest BCUT2D eigenvalue weighted by molar-refractivity contribution is 0.304. The second-order valence-electron chi connectivity index (χ2n) is 15.5. The van der Waals surface area contributed by atoms with E-state index in [2.05, 4.69) is 98.8 Å². The normalized spacial score (nSPS) is 20.4. The van der Waals surface area contributed by atoms with Crippen molar-refractivity contribution in [2.24, 2.45) is 11.8 Å². The Morgan fingerprint density at radius 2 is 0.922 bits per heavy atom. The highest BCUT2D eigenvalue weighted by Crippen LogP contribution is 2.40. The summed E-state index contributed by atoms with van der Waals surface area (Å²) in [6.45, 7) is 4.60. The van der Waals surface area contributed by atoms with Crippen molar-refractivity contribution in [3.63, 3.8) is 0 Å². The van der Waals surface area contributed by atoms with Gasteiger partial charge in [-0.25, -0.2) is 0 Å². The molecule has 0 unspecified atom stereocenters. The minimum atomic E-state index is 0.686. The summed E-state index contributed by atoms with van der Waals surface area (Å²) >= 11 is 1.76. The predicted octanol–water partition coefficient (Wildman–Crippen LogP) is 13.7. The van der Waals surface area contributed by atoms with Crippen LogP contribution >= 0.6 is 11.8 Å². The number of nitrogens with zero attached hydrogens (tertiary/aromatic N) is 2. The van der Waals surface area contributed by atoms with E-state index in [9.17, 15) is 10.5 Å². The van der Waals surface area contributed by atoms with Gasteiger partial charge >= 0.3 is 0 Å². The summed E-state index contributed by atoms with van der Waals surface area (Å²) < 4.78 is 0. The molecule has 0 bridgehead atoms. The molecule has 0 radical (unpaired) electrons. The lowest BCUT2D eigenvalue weighted by atomic mass is 9.77. The van der Waals surface area contributed by atoms with Crippen LogP contribution in [-0.4, -0.2) is 0 Å². The molecule has 2 nitrogen and oxygen atoms in total. The first-order chi connectivity index (χ1) is 25.0. The van der Waals surface area contributed by atoms with Crippen molar-refractivity contribution < 1.29 is 0 Å². The number of hydrogen-bond donors (Lipinski definition) is 0. The van der Waals surface area contributed by atoms with Gasteiger partial charge in [0, 0.05) is 9.79 Å². The molecule has 0 saturated heterocycles. The van der Waals surface area contributed by atoms with Crippen molar-refractivity contribution in [2.75, 3.05) is 0 Å². The molecule has 2 aliphatic carbocycles. The number of nitriles is 2. The second kappa shape index (κ2) is 18.6. The van der Waals surface area contributed by atoms with E-state index in [4.69, 9.17) is 0 Å². The first kappa shape index (κ1) is 37.0. The molecule has 6 rings (SSSR count). The Morgan fingerprint density at radius 1 is 0.529 bits per heavy atom. The van der Waals surface area contributed by atoms with Crippen molar-refractivity contribution in [3.05, 3.63) is 129 Å². The first-order valence-electron chi connectivity index (χ1n) is 20.0. The highest BCUT2D eigenvalue weighted by molar-refractivity contribution is 7.99. The van der Waals surface area contributed by atoms with Crippen molar-refractivity contribution in [1.82, 2.24) is 0 Å². The second-order valence-corrected chi connectivity index (χ2v) is 16.6. The largest absolute Gasteiger partial charge is 0.192 e. The van der Waals surface area contributed by atoms with Gasteiger partial charge in [-0.15, -0.1) is 0 Å². The summed E-state index contributed by atoms with van der Waals surface area (Å²) in [5.41, 5.74) is 9.26. The van der Waals surface area contributed by atoms with E-state index >= 15 is 0 Å². The fourth-order valence-electron chi connectivity index (χ4n) is 8.70. The Morgan fingerprint density at radius 3 is 1.27 bits per heavy atom. The van der Waals surface area contributed by atoms with Crippen LogP contribution in [0.1, 0.15) is 160 Å². The Bertz CT molecular complexity index is 1640. The average Bonchev–Trinajstić information content (AvgIpc) is 3.18. The number of rotatable bonds is 14. The van der Waals surface area contributed by atoms with Crippen LogP contribution in [0.2, 0.25) is 0 Å². The molecule has 0 amide bonds. The third kappa shape index (κ3) is 10.2. The van der Waals surface area contributed by atoms with Gasteiger partial charge in [-0.2, -0.15) is 10.5 Å². The summed E-state index contributed by atoms with van der Waals surface area (Å²) in [4.78, 5) is 2.33. The molecule has 0 spiro atoms. The topological polar surface area (TPSA) is 47.6 Å². The standard InChI is InChI=1S/C48H56N2S/c1-3-5-7-35-9-19-41(20-10-35)43-23-13-37(14-24-43)29-45-31-39(33-49)17-27-47(45)51-48-28-18-40(34-50)32-46(48)30-38-15-25-44(26-16-38)42-21-11-36(12-22-42)8-6-4-2/h13-18,23-28,31-32,35-36,41-42H,3-12,19-22,29-30H2,1-2H3. The molecule has 264 valence electrons. The zero-order chi connectivity index (χ0) is 35.4. The van der Waals surface area contributed by atoms with E-state index in [-0.39, 0.29) is 0 Å². The quantitative estimate of drug-likeness (QED) is 0.132. The average molecular weight is 693 g/mol. The van der Waals surface area contributed by atoms with Crippen LogP contribution in [0.4, 0.5) is 0 Å².